The molecule has 0 radical (unpaired) electrons. The van der Waals surface area contributed by atoms with Crippen LogP contribution in [0.15, 0.2) is 28.7 Å². The predicted molar refractivity (Wildman–Crippen MR) is 67.7 cm³/mol. The molecule has 0 unspecified atom stereocenters. The Labute approximate surface area is 108 Å². The third kappa shape index (κ3) is 5.49. The first-order chi connectivity index (χ1) is 8.09. The number of benzene rings is 1. The van der Waals surface area contributed by atoms with Crippen molar-refractivity contribution in [3.05, 3.63) is 34.3 Å². The highest BCUT2D eigenvalue weighted by Crippen LogP contribution is 2.15. The maximum Gasteiger partial charge on any atom is 0.303 e. The smallest absolute Gasteiger partial charge is 0.303 e. The Morgan fingerprint density at radius 3 is 2.59 bits per heavy atom. The predicted octanol–water partition coefficient (Wildman–Crippen LogP) is 1.97. The lowest BCUT2D eigenvalue weighted by Gasteiger charge is -2.06. The van der Waals surface area contributed by atoms with Crippen LogP contribution in [0.1, 0.15) is 18.4 Å². The van der Waals surface area contributed by atoms with E-state index < -0.39 is 5.97 Å². The molecule has 1 aromatic carbocycles. The summed E-state index contributed by atoms with van der Waals surface area (Å²) in [5.74, 6) is -1.18. The van der Waals surface area contributed by atoms with Crippen LogP contribution in [-0.4, -0.2) is 23.5 Å². The molecule has 1 aromatic rings. The van der Waals surface area contributed by atoms with Crippen LogP contribution in [0.4, 0.5) is 0 Å². The average molecular weight is 300 g/mol. The van der Waals surface area contributed by atoms with Crippen molar-refractivity contribution in [1.29, 1.82) is 0 Å². The highest BCUT2D eigenvalue weighted by atomic mass is 79.9. The summed E-state index contributed by atoms with van der Waals surface area (Å²) in [7, 11) is 0. The molecule has 92 valence electrons. The fraction of sp³-hybridized carbons (Fsp3) is 0.333. The molecular formula is C12H14BrNO3. The van der Waals surface area contributed by atoms with E-state index in [1.807, 2.05) is 24.3 Å². The molecule has 0 aliphatic rings. The van der Waals surface area contributed by atoms with Crippen molar-refractivity contribution in [3.8, 4) is 0 Å². The van der Waals surface area contributed by atoms with E-state index in [2.05, 4.69) is 21.2 Å². The van der Waals surface area contributed by atoms with Crippen LogP contribution in [-0.2, 0) is 16.0 Å². The van der Waals surface area contributed by atoms with Gasteiger partial charge in [-0.25, -0.2) is 0 Å². The second-order valence-corrected chi connectivity index (χ2v) is 4.44. The average Bonchev–Trinajstić information content (AvgIpc) is 2.29. The number of carbonyl (C=O) groups is 2. The summed E-state index contributed by atoms with van der Waals surface area (Å²) in [6.45, 7) is 0.515. The van der Waals surface area contributed by atoms with Gasteiger partial charge in [-0.15, -0.1) is 0 Å². The summed E-state index contributed by atoms with van der Waals surface area (Å²) in [4.78, 5) is 21.5. The fourth-order valence-corrected chi connectivity index (χ4v) is 1.83. The monoisotopic (exact) mass is 299 g/mol. The second-order valence-electron chi connectivity index (χ2n) is 3.59. The number of halogens is 1. The first-order valence-electron chi connectivity index (χ1n) is 5.31. The molecule has 0 fully saturated rings. The molecule has 0 heterocycles. The standard InChI is InChI=1S/C12H14BrNO3/c13-10-4-2-1-3-9(10)7-8-14-11(15)5-6-12(16)17/h1-4H,5-8H2,(H,14,15)(H,16,17). The molecule has 2 N–H and O–H groups in total. The lowest BCUT2D eigenvalue weighted by Crippen LogP contribution is -2.26. The van der Waals surface area contributed by atoms with Gasteiger partial charge >= 0.3 is 5.97 Å². The number of aliphatic carboxylic acids is 1. The molecule has 0 aliphatic carbocycles. The number of rotatable bonds is 6. The van der Waals surface area contributed by atoms with Gasteiger partial charge in [0.15, 0.2) is 0 Å². The first-order valence-corrected chi connectivity index (χ1v) is 6.11. The molecule has 0 atom stereocenters. The Morgan fingerprint density at radius 2 is 1.94 bits per heavy atom. The van der Waals surface area contributed by atoms with Crippen LogP contribution in [0.2, 0.25) is 0 Å². The molecule has 0 saturated heterocycles. The van der Waals surface area contributed by atoms with E-state index in [1.165, 1.54) is 0 Å². The molecular weight excluding hydrogens is 286 g/mol. The van der Waals surface area contributed by atoms with E-state index in [-0.39, 0.29) is 18.7 Å². The van der Waals surface area contributed by atoms with Gasteiger partial charge in [-0.05, 0) is 18.1 Å². The van der Waals surface area contributed by atoms with Crippen molar-refractivity contribution in [2.75, 3.05) is 6.54 Å². The SMILES string of the molecule is O=C(O)CCC(=O)NCCc1ccccc1Br. The Kier molecular flexibility index (Phi) is 5.69. The highest BCUT2D eigenvalue weighted by Gasteiger charge is 2.05. The second kappa shape index (κ2) is 7.06. The van der Waals surface area contributed by atoms with Gasteiger partial charge < -0.3 is 10.4 Å². The van der Waals surface area contributed by atoms with Crippen molar-refractivity contribution in [2.45, 2.75) is 19.3 Å². The molecule has 0 bridgehead atoms. The van der Waals surface area contributed by atoms with Crippen LogP contribution >= 0.6 is 15.9 Å². The Bertz CT molecular complexity index is 406. The summed E-state index contributed by atoms with van der Waals surface area (Å²) in [5.41, 5.74) is 1.12. The van der Waals surface area contributed by atoms with Gasteiger partial charge in [0.05, 0.1) is 6.42 Å². The van der Waals surface area contributed by atoms with E-state index in [0.717, 1.165) is 16.5 Å². The zero-order valence-electron chi connectivity index (χ0n) is 9.28. The molecule has 0 saturated carbocycles. The maximum absolute atomic E-state index is 11.2. The summed E-state index contributed by atoms with van der Waals surface area (Å²) in [5, 5.41) is 11.1. The first kappa shape index (κ1) is 13.7. The van der Waals surface area contributed by atoms with Crippen molar-refractivity contribution in [1.82, 2.24) is 5.32 Å². The number of amides is 1. The minimum Gasteiger partial charge on any atom is -0.481 e. The molecule has 0 aliphatic heterocycles. The normalized spacial score (nSPS) is 9.94. The van der Waals surface area contributed by atoms with Gasteiger partial charge in [-0.1, -0.05) is 34.1 Å². The third-order valence-electron chi connectivity index (χ3n) is 2.24. The summed E-state index contributed by atoms with van der Waals surface area (Å²) in [6.07, 6.45) is 0.631. The van der Waals surface area contributed by atoms with Gasteiger partial charge in [0.25, 0.3) is 0 Å². The zero-order chi connectivity index (χ0) is 12.7. The van der Waals surface area contributed by atoms with Crippen LogP contribution < -0.4 is 5.32 Å². The van der Waals surface area contributed by atoms with Gasteiger partial charge in [-0.2, -0.15) is 0 Å². The van der Waals surface area contributed by atoms with E-state index in [9.17, 15) is 9.59 Å². The summed E-state index contributed by atoms with van der Waals surface area (Å²) >= 11 is 3.42. The van der Waals surface area contributed by atoms with Gasteiger partial charge in [0, 0.05) is 17.4 Å². The molecule has 1 rings (SSSR count). The van der Waals surface area contributed by atoms with Crippen molar-refractivity contribution < 1.29 is 14.7 Å². The molecule has 17 heavy (non-hydrogen) atoms. The molecule has 0 spiro atoms. The summed E-state index contributed by atoms with van der Waals surface area (Å²) in [6, 6.07) is 7.79. The molecule has 0 aromatic heterocycles. The third-order valence-corrected chi connectivity index (χ3v) is 3.01. The number of hydrogen-bond acceptors (Lipinski definition) is 2. The number of carbonyl (C=O) groups excluding carboxylic acids is 1. The quantitative estimate of drug-likeness (QED) is 0.844. The number of carboxylic acid groups (broad SMARTS) is 1. The number of carboxylic acids is 1. The molecule has 1 amide bonds. The Balaban J connectivity index is 2.26. The largest absolute Gasteiger partial charge is 0.481 e. The zero-order valence-corrected chi connectivity index (χ0v) is 10.9. The minimum atomic E-state index is -0.953. The highest BCUT2D eigenvalue weighted by molar-refractivity contribution is 9.10. The van der Waals surface area contributed by atoms with Gasteiger partial charge in [0.2, 0.25) is 5.91 Å². The van der Waals surface area contributed by atoms with Crippen LogP contribution in [0.5, 0.6) is 0 Å². The van der Waals surface area contributed by atoms with Crippen molar-refractivity contribution >= 4 is 27.8 Å². The lowest BCUT2D eigenvalue weighted by atomic mass is 10.1. The van der Waals surface area contributed by atoms with E-state index in [1.54, 1.807) is 0 Å². The maximum atomic E-state index is 11.2. The van der Waals surface area contributed by atoms with E-state index >= 15 is 0 Å². The fourth-order valence-electron chi connectivity index (χ4n) is 1.35. The van der Waals surface area contributed by atoms with E-state index in [0.29, 0.717) is 6.54 Å². The van der Waals surface area contributed by atoms with Crippen LogP contribution in [0.25, 0.3) is 0 Å². The number of nitrogens with one attached hydrogen (secondary N) is 1. The topological polar surface area (TPSA) is 66.4 Å². The molecule has 5 heteroatoms. The van der Waals surface area contributed by atoms with E-state index in [4.69, 9.17) is 5.11 Å². The van der Waals surface area contributed by atoms with Crippen LogP contribution in [0.3, 0.4) is 0 Å². The van der Waals surface area contributed by atoms with Gasteiger partial charge in [-0.3, -0.25) is 9.59 Å². The lowest BCUT2D eigenvalue weighted by molar-refractivity contribution is -0.138. The van der Waals surface area contributed by atoms with Gasteiger partial charge in [0.1, 0.15) is 0 Å². The summed E-state index contributed by atoms with van der Waals surface area (Å²) < 4.78 is 1.01. The number of hydrogen-bond donors (Lipinski definition) is 2. The van der Waals surface area contributed by atoms with Crippen molar-refractivity contribution in [2.24, 2.45) is 0 Å². The van der Waals surface area contributed by atoms with Crippen molar-refractivity contribution in [3.63, 3.8) is 0 Å². The Hall–Kier alpha value is -1.36. The Morgan fingerprint density at radius 1 is 1.24 bits per heavy atom. The molecule has 4 nitrogen and oxygen atoms in total. The minimum absolute atomic E-state index is 0.0330. The van der Waals surface area contributed by atoms with Crippen LogP contribution in [0, 0.1) is 0 Å².